The molecule has 0 aromatic heterocycles. The fourth-order valence-electron chi connectivity index (χ4n) is 2.21. The zero-order chi connectivity index (χ0) is 18.4. The molecule has 0 fully saturated rings. The van der Waals surface area contributed by atoms with Gasteiger partial charge in [0.15, 0.2) is 6.10 Å². The Kier molecular flexibility index (Phi) is 6.71. The van der Waals surface area contributed by atoms with Gasteiger partial charge in [-0.3, -0.25) is 4.79 Å². The van der Waals surface area contributed by atoms with E-state index < -0.39 is 6.10 Å². The number of aryl methyl sites for hydroxylation is 2. The third-order valence-corrected chi connectivity index (χ3v) is 4.15. The van der Waals surface area contributed by atoms with Crippen molar-refractivity contribution in [3.05, 3.63) is 58.6 Å². The minimum absolute atomic E-state index is 0.133. The minimum atomic E-state index is -0.609. The molecule has 4 nitrogen and oxygen atoms in total. The third-order valence-electron chi connectivity index (χ3n) is 3.72. The number of carbonyl (C=O) groups is 1. The van der Waals surface area contributed by atoms with Crippen molar-refractivity contribution in [1.29, 1.82) is 0 Å². The molecule has 2 rings (SSSR count). The molecule has 1 amide bonds. The molecule has 0 spiro atoms. The van der Waals surface area contributed by atoms with Gasteiger partial charge in [-0.2, -0.15) is 0 Å². The number of nitrogens with one attached hydrogen (secondary N) is 1. The van der Waals surface area contributed by atoms with Crippen LogP contribution in [0, 0.1) is 13.8 Å². The highest BCUT2D eigenvalue weighted by atomic mass is 35.5. The summed E-state index contributed by atoms with van der Waals surface area (Å²) >= 11 is 5.99. The molecule has 0 saturated heterocycles. The summed E-state index contributed by atoms with van der Waals surface area (Å²) in [5, 5.41) is 3.57. The highest BCUT2D eigenvalue weighted by Crippen LogP contribution is 2.21. The standard InChI is InChI=1S/C20H24ClNO3/c1-13-5-7-17(8-6-13)24-12-15(3)22-20(23)16(4)25-18-9-10-19(21)14(2)11-18/h5-11,15-16H,12H2,1-4H3,(H,22,23)/t15-,16+/m1/s1. The van der Waals surface area contributed by atoms with Crippen molar-refractivity contribution in [2.45, 2.75) is 39.8 Å². The zero-order valence-electron chi connectivity index (χ0n) is 15.0. The van der Waals surface area contributed by atoms with Crippen LogP contribution in [0.4, 0.5) is 0 Å². The second-order valence-corrected chi connectivity index (χ2v) is 6.61. The number of hydrogen-bond acceptors (Lipinski definition) is 3. The molecule has 2 atom stereocenters. The quantitative estimate of drug-likeness (QED) is 0.799. The highest BCUT2D eigenvalue weighted by molar-refractivity contribution is 6.31. The van der Waals surface area contributed by atoms with E-state index in [0.29, 0.717) is 17.4 Å². The Labute approximate surface area is 154 Å². The second-order valence-electron chi connectivity index (χ2n) is 6.20. The number of amides is 1. The first-order valence-corrected chi connectivity index (χ1v) is 8.65. The molecule has 5 heteroatoms. The Morgan fingerprint density at radius 2 is 1.72 bits per heavy atom. The number of ether oxygens (including phenoxy) is 2. The molecule has 1 N–H and O–H groups in total. The van der Waals surface area contributed by atoms with Gasteiger partial charge in [0.05, 0.1) is 6.04 Å². The fourth-order valence-corrected chi connectivity index (χ4v) is 2.32. The molecule has 0 unspecified atom stereocenters. The van der Waals surface area contributed by atoms with Gasteiger partial charge < -0.3 is 14.8 Å². The van der Waals surface area contributed by atoms with E-state index in [1.807, 2.05) is 51.1 Å². The summed E-state index contributed by atoms with van der Waals surface area (Å²) in [5.74, 6) is 1.22. The fraction of sp³-hybridized carbons (Fsp3) is 0.350. The predicted octanol–water partition coefficient (Wildman–Crippen LogP) is 4.31. The van der Waals surface area contributed by atoms with Crippen LogP contribution in [0.2, 0.25) is 5.02 Å². The van der Waals surface area contributed by atoms with E-state index in [1.165, 1.54) is 5.56 Å². The first kappa shape index (κ1) is 19.1. The van der Waals surface area contributed by atoms with Crippen LogP contribution < -0.4 is 14.8 Å². The summed E-state index contributed by atoms with van der Waals surface area (Å²) in [7, 11) is 0. The topological polar surface area (TPSA) is 47.6 Å². The van der Waals surface area contributed by atoms with E-state index in [9.17, 15) is 4.79 Å². The average molecular weight is 362 g/mol. The first-order valence-electron chi connectivity index (χ1n) is 8.28. The molecule has 25 heavy (non-hydrogen) atoms. The maximum atomic E-state index is 12.2. The Morgan fingerprint density at radius 1 is 1.08 bits per heavy atom. The van der Waals surface area contributed by atoms with E-state index in [2.05, 4.69) is 5.32 Å². The maximum Gasteiger partial charge on any atom is 0.261 e. The van der Waals surface area contributed by atoms with E-state index in [1.54, 1.807) is 19.1 Å². The Bertz CT molecular complexity index is 715. The number of benzene rings is 2. The molecule has 0 aliphatic rings. The minimum Gasteiger partial charge on any atom is -0.491 e. The molecule has 0 aliphatic heterocycles. The molecular weight excluding hydrogens is 338 g/mol. The predicted molar refractivity (Wildman–Crippen MR) is 101 cm³/mol. The molecule has 134 valence electrons. The maximum absolute atomic E-state index is 12.2. The third kappa shape index (κ3) is 5.98. The monoisotopic (exact) mass is 361 g/mol. The van der Waals surface area contributed by atoms with Gasteiger partial charge in [0.1, 0.15) is 18.1 Å². The SMILES string of the molecule is Cc1ccc(OC[C@@H](C)NC(=O)[C@H](C)Oc2ccc(Cl)c(C)c2)cc1. The Balaban J connectivity index is 1.81. The molecule has 2 aromatic rings. The molecule has 0 radical (unpaired) electrons. The smallest absolute Gasteiger partial charge is 0.261 e. The van der Waals surface area contributed by atoms with Gasteiger partial charge in [0, 0.05) is 5.02 Å². The highest BCUT2D eigenvalue weighted by Gasteiger charge is 2.17. The molecule has 0 aliphatic carbocycles. The van der Waals surface area contributed by atoms with Crippen LogP contribution >= 0.6 is 11.6 Å². The van der Waals surface area contributed by atoms with E-state index in [-0.39, 0.29) is 11.9 Å². The van der Waals surface area contributed by atoms with Crippen molar-refractivity contribution >= 4 is 17.5 Å². The van der Waals surface area contributed by atoms with Crippen molar-refractivity contribution < 1.29 is 14.3 Å². The lowest BCUT2D eigenvalue weighted by molar-refractivity contribution is -0.128. The van der Waals surface area contributed by atoms with Crippen LogP contribution in [0.25, 0.3) is 0 Å². The van der Waals surface area contributed by atoms with E-state index in [0.717, 1.165) is 11.3 Å². The zero-order valence-corrected chi connectivity index (χ0v) is 15.8. The van der Waals surface area contributed by atoms with Crippen molar-refractivity contribution in [2.24, 2.45) is 0 Å². The molecule has 0 bridgehead atoms. The molecule has 2 aromatic carbocycles. The average Bonchev–Trinajstić information content (AvgIpc) is 2.57. The van der Waals surface area contributed by atoms with E-state index >= 15 is 0 Å². The first-order chi connectivity index (χ1) is 11.8. The van der Waals surface area contributed by atoms with Crippen LogP contribution in [0.1, 0.15) is 25.0 Å². The van der Waals surface area contributed by atoms with Crippen molar-refractivity contribution in [2.75, 3.05) is 6.61 Å². The molecular formula is C20H24ClNO3. The Morgan fingerprint density at radius 3 is 2.36 bits per heavy atom. The second kappa shape index (κ2) is 8.77. The van der Waals surface area contributed by atoms with Gasteiger partial charge >= 0.3 is 0 Å². The summed E-state index contributed by atoms with van der Waals surface area (Å²) in [4.78, 5) is 12.2. The number of halogens is 1. The van der Waals surface area contributed by atoms with Crippen molar-refractivity contribution in [3.8, 4) is 11.5 Å². The van der Waals surface area contributed by atoms with Crippen LogP contribution in [0.3, 0.4) is 0 Å². The number of carbonyl (C=O) groups excluding carboxylic acids is 1. The van der Waals surface area contributed by atoms with Gasteiger partial charge in [0.2, 0.25) is 0 Å². The van der Waals surface area contributed by atoms with Gasteiger partial charge in [0.25, 0.3) is 5.91 Å². The van der Waals surface area contributed by atoms with Crippen LogP contribution in [-0.4, -0.2) is 24.7 Å². The lowest BCUT2D eigenvalue weighted by Gasteiger charge is -2.19. The van der Waals surface area contributed by atoms with Crippen LogP contribution in [0.15, 0.2) is 42.5 Å². The summed E-state index contributed by atoms with van der Waals surface area (Å²) in [6.07, 6.45) is -0.609. The molecule has 0 saturated carbocycles. The van der Waals surface area contributed by atoms with Crippen molar-refractivity contribution in [1.82, 2.24) is 5.32 Å². The largest absolute Gasteiger partial charge is 0.491 e. The number of rotatable bonds is 7. The van der Waals surface area contributed by atoms with Gasteiger partial charge in [-0.1, -0.05) is 29.3 Å². The summed E-state index contributed by atoms with van der Waals surface area (Å²) in [6.45, 7) is 7.92. The Hall–Kier alpha value is -2.20. The normalized spacial score (nSPS) is 13.0. The van der Waals surface area contributed by atoms with Gasteiger partial charge in [-0.15, -0.1) is 0 Å². The van der Waals surface area contributed by atoms with Gasteiger partial charge in [-0.25, -0.2) is 0 Å². The van der Waals surface area contributed by atoms with Gasteiger partial charge in [-0.05, 0) is 63.6 Å². The lowest BCUT2D eigenvalue weighted by Crippen LogP contribution is -2.43. The summed E-state index contributed by atoms with van der Waals surface area (Å²) < 4.78 is 11.4. The van der Waals surface area contributed by atoms with Crippen molar-refractivity contribution in [3.63, 3.8) is 0 Å². The lowest BCUT2D eigenvalue weighted by atomic mass is 10.2. The number of hydrogen-bond donors (Lipinski definition) is 1. The summed E-state index contributed by atoms with van der Waals surface area (Å²) in [5.41, 5.74) is 2.09. The van der Waals surface area contributed by atoms with E-state index in [4.69, 9.17) is 21.1 Å². The molecule has 0 heterocycles. The van der Waals surface area contributed by atoms with Crippen LogP contribution in [0.5, 0.6) is 11.5 Å². The summed E-state index contributed by atoms with van der Waals surface area (Å²) in [6, 6.07) is 13.0. The van der Waals surface area contributed by atoms with Crippen LogP contribution in [-0.2, 0) is 4.79 Å².